The molecule has 1 saturated carbocycles. The number of fused-ring (bicyclic) bond motifs is 1. The SMILES string of the molecule is CC1=CC[C@H]2C(C)(C)C[C@H](OC(=O)CCC(=O)O)C[C@]2(C)[C@H]1CCC1=CC(=O)OC1. The van der Waals surface area contributed by atoms with Crippen LogP contribution in [0.1, 0.15) is 72.6 Å². The van der Waals surface area contributed by atoms with E-state index in [1.54, 1.807) is 6.08 Å². The first kappa shape index (κ1) is 22.6. The van der Waals surface area contributed by atoms with Crippen molar-refractivity contribution in [2.24, 2.45) is 22.7 Å². The van der Waals surface area contributed by atoms with Gasteiger partial charge in [-0.2, -0.15) is 0 Å². The number of hydrogen-bond donors (Lipinski definition) is 1. The number of carbonyl (C=O) groups excluding carboxylic acids is 2. The fraction of sp³-hybridized carbons (Fsp3) is 0.708. The molecule has 6 heteroatoms. The summed E-state index contributed by atoms with van der Waals surface area (Å²) in [5, 5.41) is 8.83. The fourth-order valence-electron chi connectivity index (χ4n) is 6.25. The van der Waals surface area contributed by atoms with Gasteiger partial charge in [-0.05, 0) is 67.3 Å². The molecule has 0 aromatic heterocycles. The molecule has 0 amide bonds. The first-order valence-electron chi connectivity index (χ1n) is 11.0. The lowest BCUT2D eigenvalue weighted by atomic mass is 9.47. The Balaban J connectivity index is 1.76. The minimum Gasteiger partial charge on any atom is -0.481 e. The average molecular weight is 419 g/mol. The topological polar surface area (TPSA) is 89.9 Å². The molecule has 3 rings (SSSR count). The predicted octanol–water partition coefficient (Wildman–Crippen LogP) is 4.44. The van der Waals surface area contributed by atoms with Crippen LogP contribution in [0.4, 0.5) is 0 Å². The van der Waals surface area contributed by atoms with Gasteiger partial charge in [-0.15, -0.1) is 0 Å². The first-order valence-corrected chi connectivity index (χ1v) is 11.0. The Labute approximate surface area is 178 Å². The molecule has 1 N–H and O–H groups in total. The van der Waals surface area contributed by atoms with E-state index in [4.69, 9.17) is 14.6 Å². The van der Waals surface area contributed by atoms with E-state index in [9.17, 15) is 14.4 Å². The van der Waals surface area contributed by atoms with E-state index in [1.807, 2.05) is 0 Å². The van der Waals surface area contributed by atoms with Crippen LogP contribution in [0.3, 0.4) is 0 Å². The molecular weight excluding hydrogens is 384 g/mol. The fourth-order valence-corrected chi connectivity index (χ4v) is 6.25. The second-order valence-corrected chi connectivity index (χ2v) is 10.1. The molecule has 0 radical (unpaired) electrons. The van der Waals surface area contributed by atoms with E-state index in [2.05, 4.69) is 33.8 Å². The average Bonchev–Trinajstić information content (AvgIpc) is 3.03. The van der Waals surface area contributed by atoms with Gasteiger partial charge in [0.05, 0.1) is 12.8 Å². The van der Waals surface area contributed by atoms with Crippen LogP contribution in [-0.4, -0.2) is 35.7 Å². The highest BCUT2D eigenvalue weighted by Crippen LogP contribution is 2.61. The Bertz CT molecular complexity index is 777. The number of ether oxygens (including phenoxy) is 2. The van der Waals surface area contributed by atoms with E-state index in [1.165, 1.54) is 5.57 Å². The Hall–Kier alpha value is -2.11. The third kappa shape index (κ3) is 4.79. The zero-order valence-corrected chi connectivity index (χ0v) is 18.5. The molecule has 30 heavy (non-hydrogen) atoms. The van der Waals surface area contributed by atoms with Crippen LogP contribution in [0.2, 0.25) is 0 Å². The Morgan fingerprint density at radius 2 is 1.97 bits per heavy atom. The Morgan fingerprint density at radius 1 is 1.23 bits per heavy atom. The minimum absolute atomic E-state index is 0.00585. The summed E-state index contributed by atoms with van der Waals surface area (Å²) < 4.78 is 10.8. The van der Waals surface area contributed by atoms with Gasteiger partial charge in [-0.3, -0.25) is 9.59 Å². The normalized spacial score (nSPS) is 32.5. The van der Waals surface area contributed by atoms with Gasteiger partial charge >= 0.3 is 17.9 Å². The van der Waals surface area contributed by atoms with E-state index in [0.717, 1.165) is 37.7 Å². The molecule has 4 atom stereocenters. The molecule has 1 heterocycles. The maximum atomic E-state index is 12.2. The summed E-state index contributed by atoms with van der Waals surface area (Å²) in [6.45, 7) is 9.41. The molecule has 2 aliphatic carbocycles. The number of carboxylic acids is 1. The second kappa shape index (κ2) is 8.56. The third-order valence-corrected chi connectivity index (χ3v) is 7.50. The van der Waals surface area contributed by atoms with E-state index < -0.39 is 11.9 Å². The number of esters is 2. The van der Waals surface area contributed by atoms with Crippen LogP contribution in [0.5, 0.6) is 0 Å². The summed E-state index contributed by atoms with van der Waals surface area (Å²) in [6.07, 6.45) is 7.85. The van der Waals surface area contributed by atoms with Crippen molar-refractivity contribution in [2.45, 2.75) is 78.7 Å². The maximum absolute atomic E-state index is 12.2. The molecule has 3 aliphatic rings. The van der Waals surface area contributed by atoms with Crippen LogP contribution in [0.15, 0.2) is 23.3 Å². The largest absolute Gasteiger partial charge is 0.481 e. The third-order valence-electron chi connectivity index (χ3n) is 7.50. The lowest BCUT2D eigenvalue weighted by Crippen LogP contribution is -2.53. The quantitative estimate of drug-likeness (QED) is 0.486. The molecule has 166 valence electrons. The van der Waals surface area contributed by atoms with Crippen LogP contribution in [0, 0.1) is 22.7 Å². The van der Waals surface area contributed by atoms with Crippen LogP contribution >= 0.6 is 0 Å². The number of carbonyl (C=O) groups is 3. The zero-order chi connectivity index (χ0) is 22.1. The van der Waals surface area contributed by atoms with Gasteiger partial charge in [-0.1, -0.05) is 32.4 Å². The summed E-state index contributed by atoms with van der Waals surface area (Å²) >= 11 is 0. The Kier molecular flexibility index (Phi) is 6.44. The van der Waals surface area contributed by atoms with Crippen molar-refractivity contribution in [1.82, 2.24) is 0 Å². The number of carboxylic acid groups (broad SMARTS) is 1. The predicted molar refractivity (Wildman–Crippen MR) is 112 cm³/mol. The highest BCUT2D eigenvalue weighted by Gasteiger charge is 2.55. The number of aliphatic carboxylic acids is 1. The van der Waals surface area contributed by atoms with Crippen molar-refractivity contribution < 1.29 is 29.0 Å². The summed E-state index contributed by atoms with van der Waals surface area (Å²) in [5.74, 6) is -0.848. The van der Waals surface area contributed by atoms with Gasteiger partial charge in [0.15, 0.2) is 0 Å². The van der Waals surface area contributed by atoms with Crippen molar-refractivity contribution >= 4 is 17.9 Å². The van der Waals surface area contributed by atoms with Crippen LogP contribution < -0.4 is 0 Å². The minimum atomic E-state index is -0.986. The Morgan fingerprint density at radius 3 is 2.60 bits per heavy atom. The number of hydrogen-bond acceptors (Lipinski definition) is 5. The van der Waals surface area contributed by atoms with Crippen LogP contribution in [-0.2, 0) is 23.9 Å². The van der Waals surface area contributed by atoms with Gasteiger partial charge in [0.1, 0.15) is 12.7 Å². The molecule has 0 aromatic rings. The number of cyclic esters (lactones) is 1. The number of allylic oxidation sites excluding steroid dienone is 2. The lowest BCUT2D eigenvalue weighted by Gasteiger charge is -2.58. The van der Waals surface area contributed by atoms with Crippen molar-refractivity contribution in [3.63, 3.8) is 0 Å². The summed E-state index contributed by atoms with van der Waals surface area (Å²) in [6, 6.07) is 0. The maximum Gasteiger partial charge on any atom is 0.331 e. The molecular formula is C24H34O6. The highest BCUT2D eigenvalue weighted by atomic mass is 16.5. The van der Waals surface area contributed by atoms with Crippen molar-refractivity contribution in [3.05, 3.63) is 23.3 Å². The van der Waals surface area contributed by atoms with Crippen molar-refractivity contribution in [3.8, 4) is 0 Å². The number of rotatable bonds is 7. The summed E-state index contributed by atoms with van der Waals surface area (Å²) in [5.41, 5.74) is 2.40. The van der Waals surface area contributed by atoms with Gasteiger partial charge in [0.2, 0.25) is 0 Å². The van der Waals surface area contributed by atoms with Crippen LogP contribution in [0.25, 0.3) is 0 Å². The van der Waals surface area contributed by atoms with E-state index in [0.29, 0.717) is 18.4 Å². The molecule has 0 spiro atoms. The standard InChI is InChI=1S/C24H34O6/c1-15-5-8-19-23(2,3)12-17(30-21(27)10-9-20(25)26)13-24(19,4)18(15)7-6-16-11-22(28)29-14-16/h5,11,17-19H,6-10,12-14H2,1-4H3,(H,25,26)/t17-,18-,19-,24+/m0/s1. The molecule has 1 aliphatic heterocycles. The lowest BCUT2D eigenvalue weighted by molar-refractivity contribution is -0.165. The van der Waals surface area contributed by atoms with Gasteiger partial charge in [0, 0.05) is 6.08 Å². The molecule has 0 aromatic carbocycles. The van der Waals surface area contributed by atoms with E-state index >= 15 is 0 Å². The van der Waals surface area contributed by atoms with Gasteiger partial charge in [0.25, 0.3) is 0 Å². The molecule has 0 bridgehead atoms. The molecule has 0 saturated heterocycles. The van der Waals surface area contributed by atoms with Crippen molar-refractivity contribution in [1.29, 1.82) is 0 Å². The summed E-state index contributed by atoms with van der Waals surface area (Å²) in [4.78, 5) is 34.4. The van der Waals surface area contributed by atoms with Gasteiger partial charge in [-0.25, -0.2) is 4.79 Å². The summed E-state index contributed by atoms with van der Waals surface area (Å²) in [7, 11) is 0. The second-order valence-electron chi connectivity index (χ2n) is 10.1. The molecule has 0 unspecified atom stereocenters. The highest BCUT2D eigenvalue weighted by molar-refractivity contribution is 5.85. The zero-order valence-electron chi connectivity index (χ0n) is 18.5. The molecule has 1 fully saturated rings. The van der Waals surface area contributed by atoms with E-state index in [-0.39, 0.29) is 35.7 Å². The van der Waals surface area contributed by atoms with Gasteiger partial charge < -0.3 is 14.6 Å². The first-order chi connectivity index (χ1) is 14.0. The van der Waals surface area contributed by atoms with Crippen molar-refractivity contribution in [2.75, 3.05) is 6.61 Å². The molecule has 6 nitrogen and oxygen atoms in total. The monoisotopic (exact) mass is 418 g/mol. The smallest absolute Gasteiger partial charge is 0.331 e.